The Bertz CT molecular complexity index is 1670. The Balaban J connectivity index is 1.74. The molecule has 0 radical (unpaired) electrons. The van der Waals surface area contributed by atoms with Gasteiger partial charge in [0.2, 0.25) is 0 Å². The lowest BCUT2D eigenvalue weighted by Gasteiger charge is -2.24. The highest BCUT2D eigenvalue weighted by atomic mass is 32.2. The van der Waals surface area contributed by atoms with Gasteiger partial charge in [0.25, 0.3) is 10.0 Å². The van der Waals surface area contributed by atoms with E-state index in [-0.39, 0.29) is 39.3 Å². The number of urea groups is 1. The SMILES string of the molecule is CNC(=O)N(c1ccc(S(=O)(=O)Nc2ncco2)cn1)c1cc(F)c(-c2ccc(F)c(OC(F)(F)F)c2)cc1OC. The number of sulfonamides is 1. The lowest BCUT2D eigenvalue weighted by atomic mass is 10.0. The smallest absolute Gasteiger partial charge is 0.495 e. The number of alkyl halides is 3. The predicted molar refractivity (Wildman–Crippen MR) is 133 cm³/mol. The van der Waals surface area contributed by atoms with E-state index in [1.165, 1.54) is 20.4 Å². The van der Waals surface area contributed by atoms with Crippen molar-refractivity contribution in [2.24, 2.45) is 0 Å². The van der Waals surface area contributed by atoms with Crippen LogP contribution in [-0.4, -0.2) is 44.9 Å². The van der Waals surface area contributed by atoms with Gasteiger partial charge >= 0.3 is 18.4 Å². The van der Waals surface area contributed by atoms with Crippen LogP contribution < -0.4 is 24.4 Å². The van der Waals surface area contributed by atoms with E-state index >= 15 is 4.39 Å². The summed E-state index contributed by atoms with van der Waals surface area (Å²) >= 11 is 0. The molecule has 11 nitrogen and oxygen atoms in total. The van der Waals surface area contributed by atoms with Crippen molar-refractivity contribution < 1.29 is 49.1 Å². The highest BCUT2D eigenvalue weighted by Crippen LogP contribution is 2.40. The standard InChI is InChI=1S/C24H18F5N5O6S/c1-30-23(35)34(21-6-4-14(12-32-21)41(36,37)33-22-31-7-8-39-22)18-11-17(26)15(10-20(18)38-2)13-3-5-16(25)19(9-13)40-24(27,28)29/h3-12H,1-2H3,(H,30,35)(H,31,33). The number of oxazole rings is 1. The summed E-state index contributed by atoms with van der Waals surface area (Å²) in [5, 5.41) is 2.34. The maximum atomic E-state index is 15.4. The Morgan fingerprint density at radius 2 is 1.78 bits per heavy atom. The van der Waals surface area contributed by atoms with Gasteiger partial charge < -0.3 is 19.2 Å². The Hall–Kier alpha value is -4.93. The molecule has 0 atom stereocenters. The molecule has 216 valence electrons. The molecule has 4 rings (SSSR count). The molecule has 2 aromatic heterocycles. The summed E-state index contributed by atoms with van der Waals surface area (Å²) in [5.74, 6) is -3.84. The first kappa shape index (κ1) is 29.1. The summed E-state index contributed by atoms with van der Waals surface area (Å²) in [4.78, 5) is 21.1. The molecule has 2 heterocycles. The minimum Gasteiger partial charge on any atom is -0.495 e. The molecule has 2 N–H and O–H groups in total. The van der Waals surface area contributed by atoms with Crippen LogP contribution in [0, 0.1) is 11.6 Å². The number of aromatic nitrogens is 2. The number of nitrogens with zero attached hydrogens (tertiary/aromatic N) is 3. The van der Waals surface area contributed by atoms with Crippen molar-refractivity contribution in [3.05, 3.63) is 72.8 Å². The Labute approximate surface area is 228 Å². The van der Waals surface area contributed by atoms with Gasteiger partial charge in [-0.25, -0.2) is 41.6 Å². The van der Waals surface area contributed by atoms with Crippen molar-refractivity contribution in [2.75, 3.05) is 23.8 Å². The number of nitrogens with one attached hydrogen (secondary N) is 2. The van der Waals surface area contributed by atoms with Crippen LogP contribution in [-0.2, 0) is 10.0 Å². The number of methoxy groups -OCH3 is 1. The van der Waals surface area contributed by atoms with Gasteiger partial charge in [-0.15, -0.1) is 13.2 Å². The van der Waals surface area contributed by atoms with Gasteiger partial charge in [0.05, 0.1) is 19.0 Å². The van der Waals surface area contributed by atoms with Gasteiger partial charge in [0.15, 0.2) is 11.6 Å². The summed E-state index contributed by atoms with van der Waals surface area (Å²) in [5.41, 5.74) is -0.699. The fraction of sp³-hybridized carbons (Fsp3) is 0.125. The van der Waals surface area contributed by atoms with Crippen molar-refractivity contribution in [1.29, 1.82) is 0 Å². The van der Waals surface area contributed by atoms with E-state index in [1.807, 2.05) is 0 Å². The number of benzene rings is 2. The molecule has 0 saturated carbocycles. The molecule has 0 spiro atoms. The largest absolute Gasteiger partial charge is 0.573 e. The average molecular weight is 599 g/mol. The number of ether oxygens (including phenoxy) is 2. The maximum absolute atomic E-state index is 15.4. The fourth-order valence-corrected chi connectivity index (χ4v) is 4.42. The van der Waals surface area contributed by atoms with Crippen LogP contribution in [0.25, 0.3) is 11.1 Å². The van der Waals surface area contributed by atoms with E-state index < -0.39 is 39.8 Å². The van der Waals surface area contributed by atoms with Crippen LogP contribution >= 0.6 is 0 Å². The molecule has 0 aliphatic rings. The van der Waals surface area contributed by atoms with Crippen molar-refractivity contribution in [2.45, 2.75) is 11.3 Å². The Morgan fingerprint density at radius 3 is 2.37 bits per heavy atom. The second-order valence-corrected chi connectivity index (χ2v) is 9.56. The zero-order valence-electron chi connectivity index (χ0n) is 20.9. The molecule has 0 aliphatic carbocycles. The van der Waals surface area contributed by atoms with Crippen LogP contribution in [0.5, 0.6) is 11.5 Å². The van der Waals surface area contributed by atoms with E-state index in [2.05, 4.69) is 24.7 Å². The van der Waals surface area contributed by atoms with E-state index in [0.29, 0.717) is 12.1 Å². The van der Waals surface area contributed by atoms with E-state index in [4.69, 9.17) is 9.15 Å². The second kappa shape index (κ2) is 11.3. The molecular formula is C24H18F5N5O6S. The molecule has 17 heteroatoms. The first-order valence-corrected chi connectivity index (χ1v) is 12.6. The summed E-state index contributed by atoms with van der Waals surface area (Å²) in [7, 11) is -1.72. The van der Waals surface area contributed by atoms with Gasteiger partial charge in [-0.3, -0.25) is 0 Å². The summed E-state index contributed by atoms with van der Waals surface area (Å²) < 4.78 is 108. The average Bonchev–Trinajstić information content (AvgIpc) is 3.42. The van der Waals surface area contributed by atoms with Gasteiger partial charge in [0, 0.05) is 24.9 Å². The second-order valence-electron chi connectivity index (χ2n) is 7.88. The molecule has 0 fully saturated rings. The van der Waals surface area contributed by atoms with Gasteiger partial charge in [-0.2, -0.15) is 0 Å². The number of anilines is 3. The summed E-state index contributed by atoms with van der Waals surface area (Å²) in [6.07, 6.45) is -1.89. The van der Waals surface area contributed by atoms with Crippen LogP contribution in [0.15, 0.2) is 70.4 Å². The van der Waals surface area contributed by atoms with Crippen molar-refractivity contribution in [1.82, 2.24) is 15.3 Å². The van der Waals surface area contributed by atoms with E-state index in [9.17, 15) is 30.8 Å². The first-order valence-electron chi connectivity index (χ1n) is 11.2. The monoisotopic (exact) mass is 599 g/mol. The molecule has 0 aliphatic heterocycles. The number of amides is 2. The van der Waals surface area contributed by atoms with Gasteiger partial charge in [-0.05, 0) is 35.9 Å². The highest BCUT2D eigenvalue weighted by molar-refractivity contribution is 7.92. The molecule has 4 aromatic rings. The number of hydrogen-bond acceptors (Lipinski definition) is 8. The number of halogens is 5. The third kappa shape index (κ3) is 6.46. The van der Waals surface area contributed by atoms with Crippen LogP contribution in [0.1, 0.15) is 0 Å². The topological polar surface area (TPSA) is 136 Å². The van der Waals surface area contributed by atoms with Crippen LogP contribution in [0.3, 0.4) is 0 Å². The lowest BCUT2D eigenvalue weighted by Crippen LogP contribution is -2.35. The number of rotatable bonds is 8. The predicted octanol–water partition coefficient (Wildman–Crippen LogP) is 5.20. The summed E-state index contributed by atoms with van der Waals surface area (Å²) in [6, 6.07) is 5.41. The summed E-state index contributed by atoms with van der Waals surface area (Å²) in [6.45, 7) is 0. The third-order valence-electron chi connectivity index (χ3n) is 5.31. The molecule has 0 bridgehead atoms. The van der Waals surface area contributed by atoms with Crippen molar-refractivity contribution in [3.63, 3.8) is 0 Å². The van der Waals surface area contributed by atoms with E-state index in [1.54, 1.807) is 0 Å². The number of carbonyl (C=O) groups is 1. The highest BCUT2D eigenvalue weighted by Gasteiger charge is 2.33. The fourth-order valence-electron chi connectivity index (χ4n) is 3.54. The Kier molecular flexibility index (Phi) is 8.00. The number of carbonyl (C=O) groups excluding carboxylic acids is 1. The van der Waals surface area contributed by atoms with Crippen molar-refractivity contribution >= 4 is 33.6 Å². The third-order valence-corrected chi connectivity index (χ3v) is 6.61. The zero-order valence-corrected chi connectivity index (χ0v) is 21.7. The molecular weight excluding hydrogens is 581 g/mol. The van der Waals surface area contributed by atoms with Crippen LogP contribution in [0.4, 0.5) is 44.3 Å². The van der Waals surface area contributed by atoms with Crippen molar-refractivity contribution in [3.8, 4) is 22.6 Å². The molecule has 2 amide bonds. The van der Waals surface area contributed by atoms with E-state index in [0.717, 1.165) is 47.7 Å². The van der Waals surface area contributed by atoms with Crippen LogP contribution in [0.2, 0.25) is 0 Å². The minimum atomic E-state index is -5.19. The Morgan fingerprint density at radius 1 is 1.02 bits per heavy atom. The molecule has 41 heavy (non-hydrogen) atoms. The first-order chi connectivity index (χ1) is 19.3. The molecule has 2 aromatic carbocycles. The number of pyridine rings is 1. The number of hydrogen-bond donors (Lipinski definition) is 2. The zero-order chi connectivity index (χ0) is 29.9. The quantitative estimate of drug-likeness (QED) is 0.264. The normalized spacial score (nSPS) is 11.6. The molecule has 0 unspecified atom stereocenters. The lowest BCUT2D eigenvalue weighted by molar-refractivity contribution is -0.275. The van der Waals surface area contributed by atoms with Gasteiger partial charge in [-0.1, -0.05) is 6.07 Å². The molecule has 0 saturated heterocycles. The maximum Gasteiger partial charge on any atom is 0.573 e. The van der Waals surface area contributed by atoms with Gasteiger partial charge in [0.1, 0.15) is 28.5 Å². The minimum absolute atomic E-state index is 0.142.